The zero-order chi connectivity index (χ0) is 39.5. The van der Waals surface area contributed by atoms with Crippen molar-refractivity contribution in [2.45, 2.75) is 111 Å². The Balaban J connectivity index is 0.000000165. The van der Waals surface area contributed by atoms with Gasteiger partial charge in [-0.1, -0.05) is 75.1 Å². The molecule has 1 atom stereocenters. The van der Waals surface area contributed by atoms with Gasteiger partial charge in [-0.2, -0.15) is 0 Å². The number of carboxylic acids is 1. The smallest absolute Gasteiger partial charge is 0.335 e. The molecule has 3 aliphatic carbocycles. The van der Waals surface area contributed by atoms with Crippen molar-refractivity contribution in [1.82, 2.24) is 15.2 Å². The van der Waals surface area contributed by atoms with E-state index in [9.17, 15) is 24.3 Å². The highest BCUT2D eigenvalue weighted by molar-refractivity contribution is 6.00. The molecule has 2 aromatic heterocycles. The number of aromatic nitrogens is 2. The SMILES string of the molecule is CC1(C)CC(=O)c2c(noc2Cc2ccc(C(=O)N3CC[C@@H](O)C3)cc2)C1.CC1(C)CC(=O)c2c(noc2Cc2ccc(C(=O)O)cc2)C1.OC1CCCC1. The van der Waals surface area contributed by atoms with Crippen molar-refractivity contribution in [3.63, 3.8) is 0 Å². The molecule has 4 aliphatic rings. The van der Waals surface area contributed by atoms with Crippen molar-refractivity contribution >= 4 is 23.4 Å². The van der Waals surface area contributed by atoms with Crippen LogP contribution in [0.4, 0.5) is 0 Å². The molecule has 4 aromatic rings. The summed E-state index contributed by atoms with van der Waals surface area (Å²) in [7, 11) is 0. The summed E-state index contributed by atoms with van der Waals surface area (Å²) in [4.78, 5) is 49.8. The van der Waals surface area contributed by atoms with Gasteiger partial charge in [0.2, 0.25) is 0 Å². The summed E-state index contributed by atoms with van der Waals surface area (Å²) < 4.78 is 10.9. The minimum absolute atomic E-state index is 0.0463. The van der Waals surface area contributed by atoms with E-state index >= 15 is 0 Å². The highest BCUT2D eigenvalue weighted by Gasteiger charge is 2.37. The molecular weight excluding hydrogens is 702 g/mol. The standard InChI is InChI=1S/C21H24N2O4.C17H17NO4.C5H10O/c1-21(2)10-16-19(17(25)11-21)18(27-22-16)9-13-3-5-14(6-4-13)20(26)23-8-7-15(24)12-23;1-17(2)8-12-15(13(19)9-17)14(22-18-12)7-10-3-5-11(6-4-10)16(20)21;6-5-3-1-2-4-5/h3-6,15,24H,7-12H2,1-2H3;3-6H,7-9H2,1-2H3,(H,20,21);5-6H,1-4H2/t15-;;/m1../s1. The molecule has 0 unspecified atom stereocenters. The number of β-amino-alcohol motifs (C(OH)–C–C–N with tert-alkyl or cyclic N) is 1. The third-order valence-electron chi connectivity index (χ3n) is 10.7. The van der Waals surface area contributed by atoms with Crippen molar-refractivity contribution < 1.29 is 43.5 Å². The number of rotatable bonds is 6. The average molecular weight is 754 g/mol. The molecule has 0 bridgehead atoms. The lowest BCUT2D eigenvalue weighted by Gasteiger charge is -2.26. The molecule has 55 heavy (non-hydrogen) atoms. The Hall–Kier alpha value is -4.94. The first-order chi connectivity index (χ1) is 26.1. The summed E-state index contributed by atoms with van der Waals surface area (Å²) in [5.74, 6) is 0.320. The summed E-state index contributed by atoms with van der Waals surface area (Å²) in [6, 6.07) is 13.9. The van der Waals surface area contributed by atoms with Crippen LogP contribution in [-0.2, 0) is 25.7 Å². The van der Waals surface area contributed by atoms with Crippen LogP contribution < -0.4 is 0 Å². The van der Waals surface area contributed by atoms with Crippen molar-refractivity contribution in [2.75, 3.05) is 13.1 Å². The first-order valence-electron chi connectivity index (χ1n) is 19.2. The molecule has 1 saturated carbocycles. The molecule has 3 heterocycles. The molecule has 2 fully saturated rings. The van der Waals surface area contributed by atoms with E-state index < -0.39 is 12.1 Å². The van der Waals surface area contributed by atoms with Crippen LogP contribution in [0, 0.1) is 10.8 Å². The minimum Gasteiger partial charge on any atom is -0.478 e. The van der Waals surface area contributed by atoms with Gasteiger partial charge >= 0.3 is 5.97 Å². The van der Waals surface area contributed by atoms with Crippen LogP contribution in [0.2, 0.25) is 0 Å². The van der Waals surface area contributed by atoms with Gasteiger partial charge in [0, 0.05) is 44.3 Å². The zero-order valence-corrected chi connectivity index (χ0v) is 32.1. The number of benzene rings is 2. The van der Waals surface area contributed by atoms with Gasteiger partial charge in [-0.3, -0.25) is 14.4 Å². The van der Waals surface area contributed by atoms with E-state index in [1.807, 2.05) is 26.0 Å². The predicted molar refractivity (Wildman–Crippen MR) is 202 cm³/mol. The number of likely N-dealkylation sites (tertiary alicyclic amines) is 1. The van der Waals surface area contributed by atoms with Crippen molar-refractivity contribution in [3.05, 3.63) is 105 Å². The van der Waals surface area contributed by atoms with Gasteiger partial charge in [-0.25, -0.2) is 4.79 Å². The number of hydrogen-bond donors (Lipinski definition) is 3. The molecule has 0 radical (unpaired) electrons. The predicted octanol–water partition coefficient (Wildman–Crippen LogP) is 6.67. The lowest BCUT2D eigenvalue weighted by Crippen LogP contribution is -2.29. The monoisotopic (exact) mass is 753 g/mol. The van der Waals surface area contributed by atoms with Crippen molar-refractivity contribution in [3.8, 4) is 0 Å². The van der Waals surface area contributed by atoms with Gasteiger partial charge in [0.05, 0.1) is 40.3 Å². The van der Waals surface area contributed by atoms with Crippen LogP contribution in [0.1, 0.15) is 148 Å². The Morgan fingerprint density at radius 2 is 1.15 bits per heavy atom. The molecule has 1 saturated heterocycles. The Bertz CT molecular complexity index is 2020. The van der Waals surface area contributed by atoms with Gasteiger partial charge in [0.15, 0.2) is 23.1 Å². The second-order valence-corrected chi connectivity index (χ2v) is 16.9. The second-order valence-electron chi connectivity index (χ2n) is 16.9. The van der Waals surface area contributed by atoms with Crippen LogP contribution in [-0.4, -0.2) is 79.3 Å². The number of hydrogen-bond acceptors (Lipinski definition) is 10. The number of amides is 1. The quantitative estimate of drug-likeness (QED) is 0.191. The number of carbonyl (C=O) groups excluding carboxylic acids is 3. The van der Waals surface area contributed by atoms with Gasteiger partial charge in [-0.05, 0) is 78.3 Å². The van der Waals surface area contributed by atoms with Crippen LogP contribution in [0.25, 0.3) is 0 Å². The maximum absolute atomic E-state index is 12.5. The third kappa shape index (κ3) is 9.84. The Morgan fingerprint density at radius 1 is 0.691 bits per heavy atom. The number of aliphatic hydroxyl groups is 2. The van der Waals surface area contributed by atoms with Crippen LogP contribution >= 0.6 is 0 Å². The summed E-state index contributed by atoms with van der Waals surface area (Å²) in [5, 5.41) is 35.4. The largest absolute Gasteiger partial charge is 0.478 e. The van der Waals surface area contributed by atoms with Crippen molar-refractivity contribution in [2.24, 2.45) is 10.8 Å². The van der Waals surface area contributed by atoms with E-state index in [-0.39, 0.29) is 40.0 Å². The molecule has 12 nitrogen and oxygen atoms in total. The Morgan fingerprint density at radius 3 is 1.53 bits per heavy atom. The minimum atomic E-state index is -0.957. The van der Waals surface area contributed by atoms with Crippen molar-refractivity contribution in [1.29, 1.82) is 0 Å². The molecule has 12 heteroatoms. The molecule has 3 N–H and O–H groups in total. The van der Waals surface area contributed by atoms with Gasteiger partial charge < -0.3 is 29.3 Å². The Labute approximate surface area is 320 Å². The first-order valence-corrected chi connectivity index (χ1v) is 19.2. The number of Topliss-reactive ketones (excluding diaryl/α,β-unsaturated/α-hetero) is 2. The highest BCUT2D eigenvalue weighted by atomic mass is 16.5. The van der Waals surface area contributed by atoms with E-state index in [0.29, 0.717) is 73.4 Å². The number of nitrogens with zero attached hydrogens (tertiary/aromatic N) is 3. The number of aliphatic hydroxyl groups excluding tert-OH is 2. The molecule has 8 rings (SSSR count). The third-order valence-corrected chi connectivity index (χ3v) is 10.7. The maximum atomic E-state index is 12.5. The summed E-state index contributed by atoms with van der Waals surface area (Å²) in [5.41, 5.74) is 5.27. The number of carbonyl (C=O) groups is 4. The summed E-state index contributed by atoms with van der Waals surface area (Å²) in [6.07, 6.45) is 8.20. The molecular formula is C43H51N3O9. The highest BCUT2D eigenvalue weighted by Crippen LogP contribution is 2.37. The fraction of sp³-hybridized carbons (Fsp3) is 0.488. The topological polar surface area (TPSA) is 184 Å². The second kappa shape index (κ2) is 16.4. The molecule has 1 aliphatic heterocycles. The zero-order valence-electron chi connectivity index (χ0n) is 32.1. The van der Waals surface area contributed by atoms with Gasteiger partial charge in [-0.15, -0.1) is 0 Å². The summed E-state index contributed by atoms with van der Waals surface area (Å²) in [6.45, 7) is 9.21. The maximum Gasteiger partial charge on any atom is 0.335 e. The fourth-order valence-electron chi connectivity index (χ4n) is 7.83. The van der Waals surface area contributed by atoms with E-state index in [1.54, 1.807) is 41.3 Å². The summed E-state index contributed by atoms with van der Waals surface area (Å²) >= 11 is 0. The van der Waals surface area contributed by atoms with E-state index in [0.717, 1.165) is 48.2 Å². The normalized spacial score (nSPS) is 19.8. The number of carboxylic acid groups (broad SMARTS) is 1. The lowest BCUT2D eigenvalue weighted by atomic mass is 9.75. The number of aromatic carboxylic acids is 1. The van der Waals surface area contributed by atoms with E-state index in [2.05, 4.69) is 24.2 Å². The molecule has 0 spiro atoms. The molecule has 2 aromatic carbocycles. The van der Waals surface area contributed by atoms with Crippen LogP contribution in [0.5, 0.6) is 0 Å². The number of ketones is 2. The van der Waals surface area contributed by atoms with Gasteiger partial charge in [0.1, 0.15) is 0 Å². The molecule has 1 amide bonds. The first kappa shape index (κ1) is 39.7. The van der Waals surface area contributed by atoms with E-state index in [4.69, 9.17) is 19.3 Å². The fourth-order valence-corrected chi connectivity index (χ4v) is 7.83. The van der Waals surface area contributed by atoms with Crippen LogP contribution in [0.3, 0.4) is 0 Å². The number of fused-ring (bicyclic) bond motifs is 2. The van der Waals surface area contributed by atoms with E-state index in [1.165, 1.54) is 12.8 Å². The average Bonchev–Trinajstić information content (AvgIpc) is 3.94. The Kier molecular flexibility index (Phi) is 11.9. The van der Waals surface area contributed by atoms with Crippen LogP contribution in [0.15, 0.2) is 57.6 Å². The van der Waals surface area contributed by atoms with Gasteiger partial charge in [0.25, 0.3) is 5.91 Å². The lowest BCUT2D eigenvalue weighted by molar-refractivity contribution is 0.0695. The molecule has 292 valence electrons.